The number of anilines is 1. The third kappa shape index (κ3) is 5.57. The number of thiazole rings is 1. The van der Waals surface area contributed by atoms with Gasteiger partial charge in [0.1, 0.15) is 5.82 Å². The number of nitrogens with one attached hydrogen (secondary N) is 1. The summed E-state index contributed by atoms with van der Waals surface area (Å²) in [5.74, 6) is -0.376. The number of nitrogens with zero attached hydrogens (tertiary/aromatic N) is 3. The van der Waals surface area contributed by atoms with Crippen molar-refractivity contribution in [1.29, 1.82) is 0 Å². The molecule has 3 N–H and O–H groups in total. The van der Waals surface area contributed by atoms with Gasteiger partial charge in [-0.2, -0.15) is 0 Å². The molecule has 2 aromatic heterocycles. The van der Waals surface area contributed by atoms with Crippen LogP contribution in [0.2, 0.25) is 5.02 Å². The van der Waals surface area contributed by atoms with Crippen LogP contribution in [0.15, 0.2) is 30.5 Å². The van der Waals surface area contributed by atoms with Gasteiger partial charge in [0, 0.05) is 38.5 Å². The molecule has 0 aliphatic carbocycles. The highest BCUT2D eigenvalue weighted by Gasteiger charge is 2.40. The first-order valence-corrected chi connectivity index (χ1v) is 11.2. The lowest BCUT2D eigenvalue weighted by atomic mass is 9.89. The van der Waals surface area contributed by atoms with Crippen molar-refractivity contribution in [2.24, 2.45) is 0 Å². The number of amides is 2. The number of piperidine rings is 1. The molecular weight excluding hydrogens is 474 g/mol. The summed E-state index contributed by atoms with van der Waals surface area (Å²) in [5, 5.41) is 21.7. The number of benzene rings is 1. The predicted octanol–water partition coefficient (Wildman–Crippen LogP) is 4.51. The third-order valence-electron chi connectivity index (χ3n) is 5.41. The summed E-state index contributed by atoms with van der Waals surface area (Å²) < 4.78 is 29.6. The molecule has 11 heteroatoms. The van der Waals surface area contributed by atoms with Crippen LogP contribution in [-0.2, 0) is 12.1 Å². The molecule has 2 amide bonds. The largest absolute Gasteiger partial charge is 0.394 e. The van der Waals surface area contributed by atoms with E-state index in [2.05, 4.69) is 15.3 Å². The Balaban J connectivity index is 0.00000306. The van der Waals surface area contributed by atoms with Crippen LogP contribution < -0.4 is 5.32 Å². The number of likely N-dealkylation sites (tertiary alicyclic amines) is 1. The van der Waals surface area contributed by atoms with Crippen molar-refractivity contribution in [3.63, 3.8) is 0 Å². The van der Waals surface area contributed by atoms with Gasteiger partial charge in [-0.1, -0.05) is 30.4 Å². The smallest absolute Gasteiger partial charge is 0.323 e. The highest BCUT2D eigenvalue weighted by Crippen LogP contribution is 2.39. The predicted molar refractivity (Wildman–Crippen MR) is 125 cm³/mol. The van der Waals surface area contributed by atoms with Crippen LogP contribution in [0.4, 0.5) is 18.7 Å². The Labute approximate surface area is 199 Å². The first-order valence-electron chi connectivity index (χ1n) is 10.0. The number of carbonyl (C=O) groups excluding carboxylic acids is 1. The fourth-order valence-electron chi connectivity index (χ4n) is 3.68. The van der Waals surface area contributed by atoms with Crippen LogP contribution in [0.3, 0.4) is 0 Å². The molecule has 0 unspecified atom stereocenters. The number of aliphatic hydroxyl groups excluding tert-OH is 2. The fourth-order valence-corrected chi connectivity index (χ4v) is 4.92. The van der Waals surface area contributed by atoms with Crippen molar-refractivity contribution >= 4 is 44.3 Å². The van der Waals surface area contributed by atoms with Crippen LogP contribution in [0.25, 0.3) is 10.2 Å². The monoisotopic (exact) mass is 498 g/mol. The first-order chi connectivity index (χ1) is 15.3. The molecular formula is C22H25ClF2N4O3S. The summed E-state index contributed by atoms with van der Waals surface area (Å²) in [6, 6.07) is 5.34. The normalized spacial score (nSPS) is 16.3. The molecule has 0 bridgehead atoms. The average molecular weight is 499 g/mol. The average Bonchev–Trinajstić information content (AvgIpc) is 3.15. The van der Waals surface area contributed by atoms with Crippen LogP contribution in [-0.4, -0.2) is 56.9 Å². The lowest BCUT2D eigenvalue weighted by Gasteiger charge is -2.36. The molecule has 0 spiro atoms. The van der Waals surface area contributed by atoms with Gasteiger partial charge in [-0.25, -0.2) is 18.6 Å². The zero-order valence-electron chi connectivity index (χ0n) is 16.9. The maximum Gasteiger partial charge on any atom is 0.323 e. The molecule has 1 aromatic carbocycles. The number of halogens is 3. The third-order valence-corrected chi connectivity index (χ3v) is 6.63. The van der Waals surface area contributed by atoms with E-state index < -0.39 is 24.4 Å². The molecule has 1 saturated heterocycles. The zero-order valence-corrected chi connectivity index (χ0v) is 18.5. The van der Waals surface area contributed by atoms with Crippen LogP contribution in [0.1, 0.15) is 31.5 Å². The van der Waals surface area contributed by atoms with E-state index in [-0.39, 0.29) is 56.3 Å². The summed E-state index contributed by atoms with van der Waals surface area (Å²) in [4.78, 5) is 22.5. The second kappa shape index (κ2) is 10.3. The van der Waals surface area contributed by atoms with Gasteiger partial charge >= 0.3 is 6.03 Å². The molecule has 0 saturated carbocycles. The lowest BCUT2D eigenvalue weighted by molar-refractivity contribution is 0.0683. The van der Waals surface area contributed by atoms with Crippen LogP contribution in [0, 0.1) is 5.82 Å². The number of carbonyl (C=O) groups is 1. The number of aromatic nitrogens is 2. The van der Waals surface area contributed by atoms with E-state index in [1.165, 1.54) is 23.2 Å². The Kier molecular flexibility index (Phi) is 7.84. The van der Waals surface area contributed by atoms with Crippen LogP contribution >= 0.6 is 22.9 Å². The minimum absolute atomic E-state index is 0. The van der Waals surface area contributed by atoms with Crippen molar-refractivity contribution in [2.75, 3.05) is 25.0 Å². The van der Waals surface area contributed by atoms with Gasteiger partial charge in [-0.3, -0.25) is 10.3 Å². The van der Waals surface area contributed by atoms with Crippen molar-refractivity contribution in [2.45, 2.75) is 38.5 Å². The van der Waals surface area contributed by atoms with Gasteiger partial charge in [0.2, 0.25) is 0 Å². The highest BCUT2D eigenvalue weighted by molar-refractivity contribution is 7.22. The molecule has 7 nitrogen and oxygen atoms in total. The van der Waals surface area contributed by atoms with E-state index in [9.17, 15) is 14.3 Å². The summed E-state index contributed by atoms with van der Waals surface area (Å²) >= 11 is 7.43. The minimum Gasteiger partial charge on any atom is -0.394 e. The topological polar surface area (TPSA) is 98.6 Å². The summed E-state index contributed by atoms with van der Waals surface area (Å²) in [7, 11) is 0. The zero-order chi connectivity index (χ0) is 22.9. The Morgan fingerprint density at radius 1 is 1.33 bits per heavy atom. The van der Waals surface area contributed by atoms with Gasteiger partial charge in [0.15, 0.2) is 10.8 Å². The van der Waals surface area contributed by atoms with Crippen molar-refractivity contribution in [3.8, 4) is 0 Å². The van der Waals surface area contributed by atoms with Gasteiger partial charge in [0.25, 0.3) is 0 Å². The Morgan fingerprint density at radius 3 is 2.73 bits per heavy atom. The van der Waals surface area contributed by atoms with Gasteiger partial charge in [-0.05, 0) is 29.8 Å². The van der Waals surface area contributed by atoms with Crippen LogP contribution in [0.5, 0.6) is 0 Å². The number of pyridine rings is 1. The first kappa shape index (κ1) is 25.2. The molecule has 178 valence electrons. The Morgan fingerprint density at radius 2 is 2.06 bits per heavy atom. The second-order valence-corrected chi connectivity index (χ2v) is 9.17. The van der Waals surface area contributed by atoms with E-state index in [1.54, 1.807) is 12.1 Å². The van der Waals surface area contributed by atoms with Gasteiger partial charge < -0.3 is 15.1 Å². The molecule has 1 fully saturated rings. The number of rotatable bonds is 5. The fraction of sp³-hybridized carbons (Fsp3) is 0.409. The summed E-state index contributed by atoms with van der Waals surface area (Å²) in [5.41, 5.74) is -0.495. The standard InChI is InChI=1S/C21H21ClF2N4O3S.CH4/c22-15-8-12(7-14(30)11-29)10-25-18(15)21(24)3-5-28(6-4-21)20(31)27-19-26-16-2-1-13(23)9-17(16)32-19;/h1-2,8-10,14,29-30H,3-7,11H2,(H,26,27,31);1H4/t14-;/m0./s1. The molecule has 1 aliphatic heterocycles. The second-order valence-electron chi connectivity index (χ2n) is 7.73. The quantitative estimate of drug-likeness (QED) is 0.481. The van der Waals surface area contributed by atoms with E-state index in [0.29, 0.717) is 20.9 Å². The number of urea groups is 1. The van der Waals surface area contributed by atoms with E-state index in [1.807, 2.05) is 0 Å². The highest BCUT2D eigenvalue weighted by atomic mass is 35.5. The molecule has 1 aliphatic rings. The molecule has 1 atom stereocenters. The van der Waals surface area contributed by atoms with Gasteiger partial charge in [-0.15, -0.1) is 0 Å². The molecule has 4 rings (SSSR count). The van der Waals surface area contributed by atoms with E-state index >= 15 is 4.39 Å². The number of hydrogen-bond acceptors (Lipinski definition) is 6. The number of alkyl halides is 1. The SMILES string of the molecule is C.O=C(Nc1nc2ccc(F)cc2s1)N1CCC(F)(c2ncc(C[C@H](O)CO)cc2Cl)CC1. The van der Waals surface area contributed by atoms with Crippen molar-refractivity contribution in [3.05, 3.63) is 52.6 Å². The molecule has 0 radical (unpaired) electrons. The Hall–Kier alpha value is -2.40. The van der Waals surface area contributed by atoms with Crippen molar-refractivity contribution in [1.82, 2.24) is 14.9 Å². The number of fused-ring (bicyclic) bond motifs is 1. The maximum atomic E-state index is 15.6. The van der Waals surface area contributed by atoms with Gasteiger partial charge in [0.05, 0.1) is 33.6 Å². The molecule has 3 aromatic rings. The summed E-state index contributed by atoms with van der Waals surface area (Å²) in [6.07, 6.45) is 0.716. The molecule has 3 heterocycles. The van der Waals surface area contributed by atoms with E-state index in [0.717, 1.165) is 11.3 Å². The maximum absolute atomic E-state index is 15.6. The number of hydrogen-bond donors (Lipinski definition) is 3. The number of aliphatic hydroxyl groups is 2. The van der Waals surface area contributed by atoms with E-state index in [4.69, 9.17) is 16.7 Å². The lowest BCUT2D eigenvalue weighted by Crippen LogP contribution is -2.45. The summed E-state index contributed by atoms with van der Waals surface area (Å²) in [6.45, 7) is -0.0755. The Bertz CT molecular complexity index is 1140. The van der Waals surface area contributed by atoms with Crippen molar-refractivity contribution < 1.29 is 23.8 Å². The molecule has 33 heavy (non-hydrogen) atoms. The minimum atomic E-state index is -1.78.